The summed E-state index contributed by atoms with van der Waals surface area (Å²) >= 11 is 0. The van der Waals surface area contributed by atoms with Gasteiger partial charge in [-0.2, -0.15) is 13.2 Å². The van der Waals surface area contributed by atoms with Crippen LogP contribution in [-0.4, -0.2) is 54.9 Å². The first-order valence-corrected chi connectivity index (χ1v) is 7.12. The molecule has 20 heavy (non-hydrogen) atoms. The first-order chi connectivity index (χ1) is 9.39. The Morgan fingerprint density at radius 2 is 2.00 bits per heavy atom. The molecular formula is C13H21F3N2O2. The van der Waals surface area contributed by atoms with Gasteiger partial charge in [0.1, 0.15) is 6.04 Å². The van der Waals surface area contributed by atoms with Gasteiger partial charge in [0.25, 0.3) is 0 Å². The number of ether oxygens (including phenoxy) is 1. The van der Waals surface area contributed by atoms with Gasteiger partial charge in [-0.05, 0) is 32.6 Å². The number of hydrogen-bond acceptors (Lipinski definition) is 4. The van der Waals surface area contributed by atoms with E-state index in [0.717, 1.165) is 25.7 Å². The first-order valence-electron chi connectivity index (χ1n) is 7.12. The molecule has 0 radical (unpaired) electrons. The minimum Gasteiger partial charge on any atom is -0.465 e. The molecule has 0 spiro atoms. The van der Waals surface area contributed by atoms with E-state index in [1.165, 1.54) is 4.90 Å². The molecule has 2 aliphatic rings. The van der Waals surface area contributed by atoms with Crippen molar-refractivity contribution < 1.29 is 22.7 Å². The number of nitrogens with one attached hydrogen (secondary N) is 1. The standard InChI is InChI=1S/C13H21F3N2O2/c1-2-20-12(19)11(17-9-3-4-9)7-18(10-5-6-10)8-13(14,15)16/h9-11,17H,2-8H2,1H3. The van der Waals surface area contributed by atoms with E-state index in [-0.39, 0.29) is 25.2 Å². The summed E-state index contributed by atoms with van der Waals surface area (Å²) in [6, 6.07) is -0.462. The number of nitrogens with zero attached hydrogens (tertiary/aromatic N) is 1. The third-order valence-electron chi connectivity index (χ3n) is 3.45. The van der Waals surface area contributed by atoms with Crippen molar-refractivity contribution in [3.05, 3.63) is 0 Å². The quantitative estimate of drug-likeness (QED) is 0.692. The summed E-state index contributed by atoms with van der Waals surface area (Å²) in [7, 11) is 0. The number of carbonyl (C=O) groups excluding carboxylic acids is 1. The maximum Gasteiger partial charge on any atom is 0.401 e. The zero-order valence-corrected chi connectivity index (χ0v) is 11.6. The van der Waals surface area contributed by atoms with Crippen LogP contribution >= 0.6 is 0 Å². The van der Waals surface area contributed by atoms with Crippen LogP contribution in [0.4, 0.5) is 13.2 Å². The van der Waals surface area contributed by atoms with Crippen molar-refractivity contribution in [2.75, 3.05) is 19.7 Å². The maximum absolute atomic E-state index is 12.6. The minimum absolute atomic E-state index is 0.0467. The van der Waals surface area contributed by atoms with E-state index in [2.05, 4.69) is 5.32 Å². The van der Waals surface area contributed by atoms with Gasteiger partial charge in [-0.3, -0.25) is 9.69 Å². The largest absolute Gasteiger partial charge is 0.465 e. The number of alkyl halides is 3. The predicted octanol–water partition coefficient (Wildman–Crippen LogP) is 1.70. The lowest BCUT2D eigenvalue weighted by Gasteiger charge is -2.27. The summed E-state index contributed by atoms with van der Waals surface area (Å²) in [6.07, 6.45) is -0.747. The Kier molecular flexibility index (Phi) is 4.90. The van der Waals surface area contributed by atoms with Crippen molar-refractivity contribution in [2.45, 2.75) is 56.9 Å². The second kappa shape index (κ2) is 6.30. The van der Waals surface area contributed by atoms with E-state index in [1.54, 1.807) is 6.92 Å². The van der Waals surface area contributed by atoms with E-state index < -0.39 is 24.7 Å². The molecule has 116 valence electrons. The molecule has 0 aliphatic heterocycles. The van der Waals surface area contributed by atoms with Gasteiger partial charge in [0.2, 0.25) is 0 Å². The summed E-state index contributed by atoms with van der Waals surface area (Å²) in [5.74, 6) is -0.452. The van der Waals surface area contributed by atoms with E-state index in [9.17, 15) is 18.0 Å². The molecule has 0 aromatic carbocycles. The molecule has 2 rings (SSSR count). The lowest BCUT2D eigenvalue weighted by Crippen LogP contribution is -2.50. The van der Waals surface area contributed by atoms with Gasteiger partial charge in [-0.15, -0.1) is 0 Å². The van der Waals surface area contributed by atoms with Gasteiger partial charge >= 0.3 is 12.1 Å². The Morgan fingerprint density at radius 1 is 1.35 bits per heavy atom. The fourth-order valence-corrected chi connectivity index (χ4v) is 2.22. The monoisotopic (exact) mass is 294 g/mol. The predicted molar refractivity (Wildman–Crippen MR) is 67.2 cm³/mol. The number of rotatable bonds is 8. The fraction of sp³-hybridized carbons (Fsp3) is 0.923. The van der Waals surface area contributed by atoms with Crippen molar-refractivity contribution in [2.24, 2.45) is 0 Å². The molecule has 2 aliphatic carbocycles. The van der Waals surface area contributed by atoms with Gasteiger partial charge in [0, 0.05) is 18.6 Å². The van der Waals surface area contributed by atoms with E-state index >= 15 is 0 Å². The Bertz CT molecular complexity index is 341. The highest BCUT2D eigenvalue weighted by atomic mass is 19.4. The van der Waals surface area contributed by atoms with Crippen molar-refractivity contribution >= 4 is 5.97 Å². The second-order valence-electron chi connectivity index (χ2n) is 5.52. The van der Waals surface area contributed by atoms with Crippen LogP contribution in [0.2, 0.25) is 0 Å². The Labute approximate surface area is 116 Å². The topological polar surface area (TPSA) is 41.6 Å². The zero-order valence-electron chi connectivity index (χ0n) is 11.6. The number of esters is 1. The number of halogens is 3. The highest BCUT2D eigenvalue weighted by Crippen LogP contribution is 2.30. The second-order valence-corrected chi connectivity index (χ2v) is 5.52. The Morgan fingerprint density at radius 3 is 2.45 bits per heavy atom. The minimum atomic E-state index is -4.23. The molecule has 0 heterocycles. The lowest BCUT2D eigenvalue weighted by atomic mass is 10.2. The maximum atomic E-state index is 12.6. The van der Waals surface area contributed by atoms with Crippen molar-refractivity contribution in [1.29, 1.82) is 0 Å². The van der Waals surface area contributed by atoms with E-state index in [0.29, 0.717) is 0 Å². The molecule has 2 saturated carbocycles. The Hall–Kier alpha value is -0.820. The molecule has 1 unspecified atom stereocenters. The van der Waals surface area contributed by atoms with Crippen LogP contribution in [0.1, 0.15) is 32.6 Å². The van der Waals surface area contributed by atoms with E-state index in [4.69, 9.17) is 4.74 Å². The van der Waals surface area contributed by atoms with Crippen LogP contribution < -0.4 is 5.32 Å². The average molecular weight is 294 g/mol. The van der Waals surface area contributed by atoms with Crippen LogP contribution in [0.5, 0.6) is 0 Å². The molecule has 1 atom stereocenters. The smallest absolute Gasteiger partial charge is 0.401 e. The summed E-state index contributed by atoms with van der Waals surface area (Å²) < 4.78 is 42.7. The van der Waals surface area contributed by atoms with Gasteiger partial charge in [-0.1, -0.05) is 0 Å². The molecule has 7 heteroatoms. The third kappa shape index (κ3) is 5.28. The molecule has 0 bridgehead atoms. The van der Waals surface area contributed by atoms with Gasteiger partial charge < -0.3 is 10.1 Å². The molecule has 4 nitrogen and oxygen atoms in total. The fourth-order valence-electron chi connectivity index (χ4n) is 2.22. The molecule has 0 aromatic heterocycles. The molecule has 0 amide bonds. The highest BCUT2D eigenvalue weighted by Gasteiger charge is 2.40. The van der Waals surface area contributed by atoms with Crippen LogP contribution in [0.3, 0.4) is 0 Å². The summed E-state index contributed by atoms with van der Waals surface area (Å²) in [4.78, 5) is 13.2. The summed E-state index contributed by atoms with van der Waals surface area (Å²) in [5.41, 5.74) is 0. The van der Waals surface area contributed by atoms with Gasteiger partial charge in [-0.25, -0.2) is 0 Å². The zero-order chi connectivity index (χ0) is 14.8. The van der Waals surface area contributed by atoms with Gasteiger partial charge in [0.15, 0.2) is 0 Å². The average Bonchev–Trinajstić information content (AvgIpc) is 3.19. The van der Waals surface area contributed by atoms with Crippen LogP contribution in [0, 0.1) is 0 Å². The third-order valence-corrected chi connectivity index (χ3v) is 3.45. The SMILES string of the molecule is CCOC(=O)C(CN(CC(F)(F)F)C1CC1)NC1CC1. The Balaban J connectivity index is 1.93. The normalized spacial score (nSPS) is 21.1. The van der Waals surface area contributed by atoms with Crippen LogP contribution in [0.15, 0.2) is 0 Å². The van der Waals surface area contributed by atoms with Crippen molar-refractivity contribution in [3.8, 4) is 0 Å². The lowest BCUT2D eigenvalue weighted by molar-refractivity contribution is -0.155. The highest BCUT2D eigenvalue weighted by molar-refractivity contribution is 5.76. The summed E-state index contributed by atoms with van der Waals surface area (Å²) in [5, 5.41) is 3.09. The number of carbonyl (C=O) groups is 1. The molecule has 0 aromatic rings. The molecular weight excluding hydrogens is 273 g/mol. The van der Waals surface area contributed by atoms with Crippen LogP contribution in [0.25, 0.3) is 0 Å². The van der Waals surface area contributed by atoms with E-state index in [1.807, 2.05) is 0 Å². The van der Waals surface area contributed by atoms with Gasteiger partial charge in [0.05, 0.1) is 13.2 Å². The molecule has 0 saturated heterocycles. The van der Waals surface area contributed by atoms with Crippen molar-refractivity contribution in [3.63, 3.8) is 0 Å². The first kappa shape index (κ1) is 15.6. The van der Waals surface area contributed by atoms with Crippen molar-refractivity contribution in [1.82, 2.24) is 10.2 Å². The molecule has 2 fully saturated rings. The number of hydrogen-bond donors (Lipinski definition) is 1. The summed E-state index contributed by atoms with van der Waals surface area (Å²) in [6.45, 7) is 1.05. The van der Waals surface area contributed by atoms with Crippen LogP contribution in [-0.2, 0) is 9.53 Å². The molecule has 1 N–H and O–H groups in total.